The summed E-state index contributed by atoms with van der Waals surface area (Å²) in [6.45, 7) is 1.88. The van der Waals surface area contributed by atoms with Gasteiger partial charge in [0.05, 0.1) is 6.33 Å². The molecule has 0 bridgehead atoms. The molecule has 1 atom stereocenters. The number of aromatic nitrogens is 2. The fraction of sp³-hybridized carbons (Fsp3) is 0.600. The number of hydrogen-bond acceptors (Lipinski definition) is 4. The first-order chi connectivity index (χ1) is 7.77. The smallest absolute Gasteiger partial charge is 0.271 e. The number of anilines is 1. The van der Waals surface area contributed by atoms with E-state index in [4.69, 9.17) is 11.6 Å². The Hall–Kier alpha value is -1.07. The summed E-state index contributed by atoms with van der Waals surface area (Å²) in [5.74, 6) is 0.461. The molecular weight excluding hydrogens is 228 g/mol. The molecule has 6 heteroatoms. The second kappa shape index (κ2) is 5.32. The standard InChI is InChI=1S/C10H15ClN4O/c11-8-9(14-6-15-10(8)16)13-5-3-7-2-1-4-12-7/h6-7,12H,1-5H2,(H2,13,14,15,16). The summed E-state index contributed by atoms with van der Waals surface area (Å²) >= 11 is 5.80. The van der Waals surface area contributed by atoms with E-state index in [1.54, 1.807) is 0 Å². The molecule has 1 saturated heterocycles. The van der Waals surface area contributed by atoms with Crippen molar-refractivity contribution < 1.29 is 0 Å². The number of nitrogens with one attached hydrogen (secondary N) is 3. The van der Waals surface area contributed by atoms with Crippen molar-refractivity contribution >= 4 is 17.4 Å². The van der Waals surface area contributed by atoms with E-state index in [1.165, 1.54) is 19.2 Å². The summed E-state index contributed by atoms with van der Waals surface area (Å²) in [6, 6.07) is 0.577. The Balaban J connectivity index is 1.84. The molecular formula is C10H15ClN4O. The van der Waals surface area contributed by atoms with Crippen LogP contribution < -0.4 is 16.2 Å². The molecule has 1 aliphatic rings. The van der Waals surface area contributed by atoms with Gasteiger partial charge in [0, 0.05) is 12.6 Å². The van der Waals surface area contributed by atoms with Gasteiger partial charge in [0.2, 0.25) is 0 Å². The molecule has 5 nitrogen and oxygen atoms in total. The van der Waals surface area contributed by atoms with E-state index in [0.717, 1.165) is 19.5 Å². The Morgan fingerprint density at radius 3 is 3.25 bits per heavy atom. The van der Waals surface area contributed by atoms with Gasteiger partial charge in [-0.1, -0.05) is 11.6 Å². The zero-order chi connectivity index (χ0) is 11.4. The van der Waals surface area contributed by atoms with Gasteiger partial charge in [0.1, 0.15) is 5.02 Å². The summed E-state index contributed by atoms with van der Waals surface area (Å²) in [6.07, 6.45) is 4.84. The van der Waals surface area contributed by atoms with Crippen molar-refractivity contribution in [3.63, 3.8) is 0 Å². The van der Waals surface area contributed by atoms with Gasteiger partial charge < -0.3 is 15.6 Å². The van der Waals surface area contributed by atoms with Gasteiger partial charge in [-0.2, -0.15) is 0 Å². The minimum atomic E-state index is -0.307. The molecule has 0 radical (unpaired) electrons. The molecule has 1 unspecified atom stereocenters. The van der Waals surface area contributed by atoms with Gasteiger partial charge in [-0.15, -0.1) is 0 Å². The SMILES string of the molecule is O=c1[nH]cnc(NCCC2CCCN2)c1Cl. The zero-order valence-corrected chi connectivity index (χ0v) is 9.68. The number of nitrogens with zero attached hydrogens (tertiary/aromatic N) is 1. The van der Waals surface area contributed by atoms with Crippen molar-refractivity contribution in [2.45, 2.75) is 25.3 Å². The van der Waals surface area contributed by atoms with E-state index in [1.807, 2.05) is 0 Å². The quantitative estimate of drug-likeness (QED) is 0.736. The molecule has 1 aromatic heterocycles. The third-order valence-electron chi connectivity index (χ3n) is 2.74. The summed E-state index contributed by atoms with van der Waals surface area (Å²) in [7, 11) is 0. The van der Waals surface area contributed by atoms with E-state index >= 15 is 0 Å². The molecule has 0 saturated carbocycles. The van der Waals surface area contributed by atoms with Crippen LogP contribution in [-0.2, 0) is 0 Å². The number of aromatic amines is 1. The van der Waals surface area contributed by atoms with Gasteiger partial charge in [-0.3, -0.25) is 4.79 Å². The molecule has 0 aromatic carbocycles. The predicted molar refractivity (Wildman–Crippen MR) is 64.0 cm³/mol. The van der Waals surface area contributed by atoms with Crippen LogP contribution in [0.2, 0.25) is 5.02 Å². The highest BCUT2D eigenvalue weighted by Gasteiger charge is 2.13. The van der Waals surface area contributed by atoms with Crippen LogP contribution in [0.3, 0.4) is 0 Å². The minimum absolute atomic E-state index is 0.127. The van der Waals surface area contributed by atoms with Crippen LogP contribution in [0.4, 0.5) is 5.82 Å². The van der Waals surface area contributed by atoms with E-state index in [2.05, 4.69) is 20.6 Å². The van der Waals surface area contributed by atoms with Gasteiger partial charge in [-0.05, 0) is 25.8 Å². The zero-order valence-electron chi connectivity index (χ0n) is 8.92. The average molecular weight is 243 g/mol. The molecule has 2 heterocycles. The third-order valence-corrected chi connectivity index (χ3v) is 3.09. The summed E-state index contributed by atoms with van der Waals surface area (Å²) in [5.41, 5.74) is -0.307. The van der Waals surface area contributed by atoms with Crippen molar-refractivity contribution in [2.24, 2.45) is 0 Å². The molecule has 0 aliphatic carbocycles. The first-order valence-electron chi connectivity index (χ1n) is 5.48. The first kappa shape index (κ1) is 11.4. The second-order valence-corrected chi connectivity index (χ2v) is 4.28. The van der Waals surface area contributed by atoms with E-state index in [-0.39, 0.29) is 10.6 Å². The van der Waals surface area contributed by atoms with Crippen LogP contribution in [0.25, 0.3) is 0 Å². The number of rotatable bonds is 4. The lowest BCUT2D eigenvalue weighted by atomic mass is 10.1. The molecule has 3 N–H and O–H groups in total. The van der Waals surface area contributed by atoms with Crippen LogP contribution >= 0.6 is 11.6 Å². The highest BCUT2D eigenvalue weighted by atomic mass is 35.5. The Morgan fingerprint density at radius 2 is 2.50 bits per heavy atom. The maximum atomic E-state index is 11.2. The van der Waals surface area contributed by atoms with Gasteiger partial charge in [-0.25, -0.2) is 4.98 Å². The highest BCUT2D eigenvalue weighted by Crippen LogP contribution is 2.13. The molecule has 1 aromatic rings. The van der Waals surface area contributed by atoms with E-state index in [9.17, 15) is 4.79 Å². The Morgan fingerprint density at radius 1 is 1.62 bits per heavy atom. The van der Waals surface area contributed by atoms with Crippen molar-refractivity contribution in [1.82, 2.24) is 15.3 Å². The van der Waals surface area contributed by atoms with Crippen LogP contribution in [0.5, 0.6) is 0 Å². The lowest BCUT2D eigenvalue weighted by Crippen LogP contribution is -2.24. The molecule has 16 heavy (non-hydrogen) atoms. The fourth-order valence-corrected chi connectivity index (χ4v) is 2.04. The number of H-pyrrole nitrogens is 1. The topological polar surface area (TPSA) is 69.8 Å². The predicted octanol–water partition coefficient (Wildman–Crippen LogP) is 0.977. The fourth-order valence-electron chi connectivity index (χ4n) is 1.87. The van der Waals surface area contributed by atoms with Crippen molar-refractivity contribution in [1.29, 1.82) is 0 Å². The van der Waals surface area contributed by atoms with E-state index < -0.39 is 0 Å². The summed E-state index contributed by atoms with van der Waals surface area (Å²) < 4.78 is 0. The summed E-state index contributed by atoms with van der Waals surface area (Å²) in [4.78, 5) is 17.6. The van der Waals surface area contributed by atoms with Gasteiger partial charge >= 0.3 is 0 Å². The third kappa shape index (κ3) is 2.74. The minimum Gasteiger partial charge on any atom is -0.369 e. The maximum Gasteiger partial charge on any atom is 0.271 e. The average Bonchev–Trinajstić information content (AvgIpc) is 2.77. The molecule has 0 amide bonds. The Bertz CT molecular complexity index is 400. The summed E-state index contributed by atoms with van der Waals surface area (Å²) in [5, 5.41) is 6.61. The second-order valence-electron chi connectivity index (χ2n) is 3.90. The molecule has 88 valence electrons. The highest BCUT2D eigenvalue weighted by molar-refractivity contribution is 6.32. The monoisotopic (exact) mass is 242 g/mol. The largest absolute Gasteiger partial charge is 0.369 e. The van der Waals surface area contributed by atoms with Crippen molar-refractivity contribution in [2.75, 3.05) is 18.4 Å². The van der Waals surface area contributed by atoms with Crippen LogP contribution in [0.1, 0.15) is 19.3 Å². The lowest BCUT2D eigenvalue weighted by Gasteiger charge is -2.11. The van der Waals surface area contributed by atoms with Crippen molar-refractivity contribution in [3.8, 4) is 0 Å². The maximum absolute atomic E-state index is 11.2. The van der Waals surface area contributed by atoms with Gasteiger partial charge in [0.25, 0.3) is 5.56 Å². The van der Waals surface area contributed by atoms with Crippen molar-refractivity contribution in [3.05, 3.63) is 21.7 Å². The first-order valence-corrected chi connectivity index (χ1v) is 5.85. The van der Waals surface area contributed by atoms with Crippen LogP contribution in [0.15, 0.2) is 11.1 Å². The van der Waals surface area contributed by atoms with Crippen LogP contribution in [-0.4, -0.2) is 29.1 Å². The molecule has 1 fully saturated rings. The van der Waals surface area contributed by atoms with Gasteiger partial charge in [0.15, 0.2) is 5.82 Å². The van der Waals surface area contributed by atoms with E-state index in [0.29, 0.717) is 11.9 Å². The number of halogens is 1. The normalized spacial score (nSPS) is 19.9. The lowest BCUT2D eigenvalue weighted by molar-refractivity contribution is 0.574. The molecule has 0 spiro atoms. The molecule has 2 rings (SSSR count). The Kier molecular flexibility index (Phi) is 3.79. The Labute approximate surface area is 98.6 Å². The molecule has 1 aliphatic heterocycles. The van der Waals surface area contributed by atoms with Crippen LogP contribution in [0, 0.1) is 0 Å². The number of hydrogen-bond donors (Lipinski definition) is 3.